The second kappa shape index (κ2) is 9.22. The third-order valence-electron chi connectivity index (χ3n) is 4.78. The highest BCUT2D eigenvalue weighted by molar-refractivity contribution is 8.15. The number of hydrogen-bond donors (Lipinski definition) is 1. The van der Waals surface area contributed by atoms with Crippen molar-refractivity contribution in [2.75, 3.05) is 11.9 Å². The maximum atomic E-state index is 13.8. The van der Waals surface area contributed by atoms with Crippen molar-refractivity contribution in [3.8, 4) is 0 Å². The van der Waals surface area contributed by atoms with Gasteiger partial charge in [0.2, 0.25) is 11.8 Å². The lowest BCUT2D eigenvalue weighted by atomic mass is 10.1. The zero-order chi connectivity index (χ0) is 21.0. The van der Waals surface area contributed by atoms with Crippen LogP contribution in [0.25, 0.3) is 0 Å². The molecule has 152 valence electrons. The van der Waals surface area contributed by atoms with Crippen LogP contribution in [0.15, 0.2) is 47.5 Å². The molecule has 7 heteroatoms. The van der Waals surface area contributed by atoms with Crippen LogP contribution in [-0.4, -0.2) is 33.7 Å². The molecule has 1 heterocycles. The van der Waals surface area contributed by atoms with Gasteiger partial charge in [-0.15, -0.1) is 0 Å². The molecule has 2 aromatic rings. The van der Waals surface area contributed by atoms with Crippen LogP contribution < -0.4 is 5.32 Å². The minimum Gasteiger partial charge on any atom is -0.324 e. The Labute approximate surface area is 174 Å². The molecule has 1 saturated heterocycles. The van der Waals surface area contributed by atoms with E-state index < -0.39 is 17.0 Å². The van der Waals surface area contributed by atoms with Crippen molar-refractivity contribution in [2.45, 2.75) is 38.9 Å². The van der Waals surface area contributed by atoms with E-state index in [-0.39, 0.29) is 18.0 Å². The van der Waals surface area contributed by atoms with E-state index in [2.05, 4.69) is 5.32 Å². The van der Waals surface area contributed by atoms with Gasteiger partial charge in [-0.3, -0.25) is 14.5 Å². The zero-order valence-electron chi connectivity index (χ0n) is 16.7. The van der Waals surface area contributed by atoms with Gasteiger partial charge in [-0.1, -0.05) is 43.0 Å². The van der Waals surface area contributed by atoms with Gasteiger partial charge in [0.1, 0.15) is 11.1 Å². The van der Waals surface area contributed by atoms with Crippen LogP contribution in [0.5, 0.6) is 0 Å². The smallest absolute Gasteiger partial charge is 0.242 e. The lowest BCUT2D eigenvalue weighted by molar-refractivity contribution is -0.128. The molecule has 3 rings (SSSR count). The number of para-hydroxylation sites is 1. The molecule has 0 radical (unpaired) electrons. The van der Waals surface area contributed by atoms with Gasteiger partial charge in [0.15, 0.2) is 5.17 Å². The molecule has 2 aromatic carbocycles. The molecular formula is C22H24FN3O2S. The summed E-state index contributed by atoms with van der Waals surface area (Å²) in [5, 5.41) is 2.58. The highest BCUT2D eigenvalue weighted by Gasteiger charge is 2.38. The first-order chi connectivity index (χ1) is 13.9. The highest BCUT2D eigenvalue weighted by Crippen LogP contribution is 2.33. The number of rotatable bonds is 6. The van der Waals surface area contributed by atoms with Gasteiger partial charge in [0.25, 0.3) is 0 Å². The number of aryl methyl sites for hydroxylation is 1. The standard InChI is InChI=1S/C22H24FN3O2S/c1-4-12-26-21(28)19(13-20(27)24-18-10-6-5-9-16(18)23)29-22(26)25-17-11-7-8-14(2)15(17)3/h5-11,19H,4,12-13H2,1-3H3,(H,24,27)/t19-/m1/s1. The topological polar surface area (TPSA) is 61.8 Å². The Morgan fingerprint density at radius 3 is 2.69 bits per heavy atom. The number of benzene rings is 2. The fourth-order valence-corrected chi connectivity index (χ4v) is 4.22. The number of thioether (sulfide) groups is 1. The summed E-state index contributed by atoms with van der Waals surface area (Å²) in [5.74, 6) is -1.04. The summed E-state index contributed by atoms with van der Waals surface area (Å²) in [6.07, 6.45) is 0.746. The van der Waals surface area contributed by atoms with Gasteiger partial charge in [0, 0.05) is 13.0 Å². The molecule has 1 fully saturated rings. The summed E-state index contributed by atoms with van der Waals surface area (Å²) in [4.78, 5) is 31.6. The van der Waals surface area contributed by atoms with Crippen molar-refractivity contribution in [1.82, 2.24) is 4.90 Å². The molecule has 2 amide bonds. The second-order valence-electron chi connectivity index (χ2n) is 6.94. The highest BCUT2D eigenvalue weighted by atomic mass is 32.2. The van der Waals surface area contributed by atoms with Crippen molar-refractivity contribution in [3.63, 3.8) is 0 Å². The van der Waals surface area contributed by atoms with Gasteiger partial charge in [-0.2, -0.15) is 0 Å². The first-order valence-electron chi connectivity index (χ1n) is 9.58. The van der Waals surface area contributed by atoms with Crippen LogP contribution in [0, 0.1) is 19.7 Å². The van der Waals surface area contributed by atoms with Crippen molar-refractivity contribution >= 4 is 40.1 Å². The Hall–Kier alpha value is -2.67. The lowest BCUT2D eigenvalue weighted by Crippen LogP contribution is -2.34. The number of halogens is 1. The molecule has 1 aliphatic heterocycles. The Morgan fingerprint density at radius 2 is 1.97 bits per heavy atom. The maximum absolute atomic E-state index is 13.8. The number of nitrogens with zero attached hydrogens (tertiary/aromatic N) is 2. The van der Waals surface area contributed by atoms with E-state index in [1.807, 2.05) is 39.0 Å². The minimum atomic E-state index is -0.572. The van der Waals surface area contributed by atoms with E-state index in [4.69, 9.17) is 4.99 Å². The average Bonchev–Trinajstić information content (AvgIpc) is 2.96. The second-order valence-corrected chi connectivity index (χ2v) is 8.11. The van der Waals surface area contributed by atoms with Crippen molar-refractivity contribution < 1.29 is 14.0 Å². The summed E-state index contributed by atoms with van der Waals surface area (Å²) in [7, 11) is 0. The Balaban J connectivity index is 1.78. The molecule has 0 saturated carbocycles. The Morgan fingerprint density at radius 1 is 1.21 bits per heavy atom. The molecule has 0 spiro atoms. The first-order valence-corrected chi connectivity index (χ1v) is 10.5. The number of carbonyl (C=O) groups is 2. The normalized spacial score (nSPS) is 17.8. The van der Waals surface area contributed by atoms with Crippen LogP contribution in [0.1, 0.15) is 30.9 Å². The monoisotopic (exact) mass is 413 g/mol. The van der Waals surface area contributed by atoms with Crippen LogP contribution in [-0.2, 0) is 9.59 Å². The molecule has 1 atom stereocenters. The Kier molecular flexibility index (Phi) is 6.69. The van der Waals surface area contributed by atoms with E-state index in [0.717, 1.165) is 23.2 Å². The predicted molar refractivity (Wildman–Crippen MR) is 116 cm³/mol. The fourth-order valence-electron chi connectivity index (χ4n) is 3.05. The van der Waals surface area contributed by atoms with Crippen LogP contribution in [0.2, 0.25) is 0 Å². The van der Waals surface area contributed by atoms with Gasteiger partial charge < -0.3 is 5.32 Å². The molecule has 0 aliphatic carbocycles. The third kappa shape index (κ3) is 4.85. The summed E-state index contributed by atoms with van der Waals surface area (Å²) >= 11 is 1.29. The predicted octanol–water partition coefficient (Wildman–Crippen LogP) is 4.81. The molecule has 0 bridgehead atoms. The molecule has 1 aliphatic rings. The third-order valence-corrected chi connectivity index (χ3v) is 5.95. The van der Waals surface area contributed by atoms with Gasteiger partial charge >= 0.3 is 0 Å². The minimum absolute atomic E-state index is 0.0378. The van der Waals surface area contributed by atoms with Crippen LogP contribution in [0.3, 0.4) is 0 Å². The summed E-state index contributed by atoms with van der Waals surface area (Å²) in [6.45, 7) is 6.55. The molecular weight excluding hydrogens is 389 g/mol. The lowest BCUT2D eigenvalue weighted by Gasteiger charge is -2.15. The summed E-state index contributed by atoms with van der Waals surface area (Å²) in [6, 6.07) is 11.9. The Bertz CT molecular complexity index is 961. The fraction of sp³-hybridized carbons (Fsp3) is 0.318. The number of amides is 2. The molecule has 29 heavy (non-hydrogen) atoms. The van der Waals surface area contributed by atoms with Crippen molar-refractivity contribution in [3.05, 3.63) is 59.4 Å². The molecule has 0 unspecified atom stereocenters. The van der Waals surface area contributed by atoms with Crippen LogP contribution >= 0.6 is 11.8 Å². The number of carbonyl (C=O) groups excluding carboxylic acids is 2. The molecule has 5 nitrogen and oxygen atoms in total. The molecule has 0 aromatic heterocycles. The van der Waals surface area contributed by atoms with Crippen LogP contribution in [0.4, 0.5) is 15.8 Å². The maximum Gasteiger partial charge on any atom is 0.242 e. The zero-order valence-corrected chi connectivity index (χ0v) is 17.6. The van der Waals surface area contributed by atoms with Gasteiger partial charge in [-0.25, -0.2) is 9.38 Å². The van der Waals surface area contributed by atoms with Crippen molar-refractivity contribution in [2.24, 2.45) is 4.99 Å². The van der Waals surface area contributed by atoms with Gasteiger partial charge in [0.05, 0.1) is 11.4 Å². The average molecular weight is 414 g/mol. The van der Waals surface area contributed by atoms with E-state index in [9.17, 15) is 14.0 Å². The number of hydrogen-bond acceptors (Lipinski definition) is 4. The largest absolute Gasteiger partial charge is 0.324 e. The van der Waals surface area contributed by atoms with E-state index in [1.165, 1.54) is 23.9 Å². The first kappa shape index (κ1) is 21.0. The number of nitrogens with one attached hydrogen (secondary N) is 1. The van der Waals surface area contributed by atoms with E-state index in [1.54, 1.807) is 17.0 Å². The number of amidine groups is 1. The van der Waals surface area contributed by atoms with E-state index >= 15 is 0 Å². The van der Waals surface area contributed by atoms with Crippen molar-refractivity contribution in [1.29, 1.82) is 0 Å². The molecule has 1 N–H and O–H groups in total. The quantitative estimate of drug-likeness (QED) is 0.739. The summed E-state index contributed by atoms with van der Waals surface area (Å²) < 4.78 is 13.8. The van der Waals surface area contributed by atoms with Gasteiger partial charge in [-0.05, 0) is 49.6 Å². The summed E-state index contributed by atoms with van der Waals surface area (Å²) in [5.41, 5.74) is 3.12. The van der Waals surface area contributed by atoms with E-state index in [0.29, 0.717) is 11.7 Å². The SMILES string of the molecule is CCCN1C(=O)[C@@H](CC(=O)Nc2ccccc2F)SC1=Nc1cccc(C)c1C. The number of anilines is 1. The number of aliphatic imine (C=N–C) groups is 1.